The average molecular weight is 180 g/mol. The van der Waals surface area contributed by atoms with Gasteiger partial charge in [-0.2, -0.15) is 0 Å². The lowest BCUT2D eigenvalue weighted by Crippen LogP contribution is -2.02. The molecule has 0 saturated heterocycles. The number of carbonyl (C=O) groups excluding carboxylic acids is 1. The fourth-order valence-corrected chi connectivity index (χ4v) is 0.871. The molecule has 0 heterocycles. The maximum absolute atomic E-state index is 10.4. The Morgan fingerprint density at radius 1 is 1.46 bits per heavy atom. The molecule has 0 aliphatic heterocycles. The molecule has 0 unspecified atom stereocenters. The Labute approximate surface area is 77.3 Å². The van der Waals surface area contributed by atoms with Gasteiger partial charge in [0.2, 0.25) is 0 Å². The third kappa shape index (κ3) is 3.25. The molecule has 0 aliphatic rings. The second-order valence-electron chi connectivity index (χ2n) is 2.45. The van der Waals surface area contributed by atoms with Crippen molar-refractivity contribution in [2.24, 2.45) is 0 Å². The van der Waals surface area contributed by atoms with Crippen molar-refractivity contribution in [3.05, 3.63) is 29.8 Å². The smallest absolute Gasteiger partial charge is 0.189 e. The van der Waals surface area contributed by atoms with Crippen molar-refractivity contribution < 1.29 is 14.3 Å². The van der Waals surface area contributed by atoms with E-state index in [-0.39, 0.29) is 6.79 Å². The van der Waals surface area contributed by atoms with Gasteiger partial charge in [0.05, 0.1) is 0 Å². The van der Waals surface area contributed by atoms with E-state index < -0.39 is 0 Å². The third-order valence-electron chi connectivity index (χ3n) is 1.51. The lowest BCUT2D eigenvalue weighted by atomic mass is 10.2. The van der Waals surface area contributed by atoms with Gasteiger partial charge in [0.15, 0.2) is 6.79 Å². The normalized spacial score (nSPS) is 9.62. The van der Waals surface area contributed by atoms with Crippen LogP contribution in [-0.2, 0) is 4.74 Å². The third-order valence-corrected chi connectivity index (χ3v) is 1.51. The zero-order chi connectivity index (χ0) is 9.52. The van der Waals surface area contributed by atoms with Crippen LogP contribution in [0.3, 0.4) is 0 Å². The van der Waals surface area contributed by atoms with Gasteiger partial charge in [-0.15, -0.1) is 0 Å². The van der Waals surface area contributed by atoms with Crippen LogP contribution in [0.1, 0.15) is 17.3 Å². The van der Waals surface area contributed by atoms with E-state index in [0.717, 1.165) is 6.29 Å². The van der Waals surface area contributed by atoms with Gasteiger partial charge in [-0.3, -0.25) is 4.79 Å². The van der Waals surface area contributed by atoms with E-state index in [4.69, 9.17) is 9.47 Å². The first-order chi connectivity index (χ1) is 6.36. The van der Waals surface area contributed by atoms with Crippen LogP contribution in [0.2, 0.25) is 0 Å². The van der Waals surface area contributed by atoms with Gasteiger partial charge in [-0.05, 0) is 19.1 Å². The van der Waals surface area contributed by atoms with Gasteiger partial charge >= 0.3 is 0 Å². The topological polar surface area (TPSA) is 35.5 Å². The number of carbonyl (C=O) groups is 1. The summed E-state index contributed by atoms with van der Waals surface area (Å²) in [6.45, 7) is 2.73. The molecule has 0 saturated carbocycles. The van der Waals surface area contributed by atoms with E-state index in [1.807, 2.05) is 6.92 Å². The zero-order valence-corrected chi connectivity index (χ0v) is 7.53. The van der Waals surface area contributed by atoms with E-state index in [0.29, 0.717) is 17.9 Å². The van der Waals surface area contributed by atoms with Crippen LogP contribution in [0, 0.1) is 0 Å². The molecule has 0 amide bonds. The Morgan fingerprint density at radius 3 is 3.00 bits per heavy atom. The fraction of sp³-hybridized carbons (Fsp3) is 0.300. The molecular weight excluding hydrogens is 168 g/mol. The lowest BCUT2D eigenvalue weighted by Gasteiger charge is -2.05. The van der Waals surface area contributed by atoms with E-state index in [9.17, 15) is 4.79 Å². The minimum Gasteiger partial charge on any atom is -0.468 e. The molecule has 1 aromatic rings. The Hall–Kier alpha value is -1.35. The minimum absolute atomic E-state index is 0.221. The van der Waals surface area contributed by atoms with Crippen molar-refractivity contribution >= 4 is 6.29 Å². The number of hydrogen-bond acceptors (Lipinski definition) is 3. The quantitative estimate of drug-likeness (QED) is 0.394. The van der Waals surface area contributed by atoms with Crippen molar-refractivity contribution in [3.8, 4) is 5.75 Å². The van der Waals surface area contributed by atoms with E-state index >= 15 is 0 Å². The second kappa shape index (κ2) is 5.32. The highest BCUT2D eigenvalue weighted by Crippen LogP contribution is 2.11. The summed E-state index contributed by atoms with van der Waals surface area (Å²) >= 11 is 0. The minimum atomic E-state index is 0.221. The van der Waals surface area contributed by atoms with Gasteiger partial charge < -0.3 is 9.47 Å². The van der Waals surface area contributed by atoms with Crippen LogP contribution in [-0.4, -0.2) is 19.7 Å². The molecule has 0 aromatic heterocycles. The monoisotopic (exact) mass is 180 g/mol. The summed E-state index contributed by atoms with van der Waals surface area (Å²) in [5.41, 5.74) is 0.606. The summed E-state index contributed by atoms with van der Waals surface area (Å²) < 4.78 is 10.2. The van der Waals surface area contributed by atoms with Gasteiger partial charge in [0, 0.05) is 12.2 Å². The van der Waals surface area contributed by atoms with Crippen molar-refractivity contribution in [2.45, 2.75) is 6.92 Å². The molecule has 3 nitrogen and oxygen atoms in total. The summed E-state index contributed by atoms with van der Waals surface area (Å²) in [6, 6.07) is 6.95. The Bertz CT molecular complexity index is 271. The number of benzene rings is 1. The molecule has 70 valence electrons. The van der Waals surface area contributed by atoms with Crippen LogP contribution < -0.4 is 4.74 Å². The highest BCUT2D eigenvalue weighted by Gasteiger charge is 1.94. The summed E-state index contributed by atoms with van der Waals surface area (Å²) in [5, 5.41) is 0. The molecule has 0 N–H and O–H groups in total. The van der Waals surface area contributed by atoms with Crippen molar-refractivity contribution in [1.29, 1.82) is 0 Å². The largest absolute Gasteiger partial charge is 0.468 e. The average Bonchev–Trinajstić information content (AvgIpc) is 2.19. The number of hydrogen-bond donors (Lipinski definition) is 0. The fourth-order valence-electron chi connectivity index (χ4n) is 0.871. The van der Waals surface area contributed by atoms with Gasteiger partial charge in [-0.25, -0.2) is 0 Å². The van der Waals surface area contributed by atoms with Crippen molar-refractivity contribution in [1.82, 2.24) is 0 Å². The van der Waals surface area contributed by atoms with E-state index in [1.165, 1.54) is 0 Å². The SMILES string of the molecule is CCOCOc1cccc(C=O)c1. The van der Waals surface area contributed by atoms with E-state index in [2.05, 4.69) is 0 Å². The molecule has 0 fully saturated rings. The van der Waals surface area contributed by atoms with Crippen molar-refractivity contribution in [2.75, 3.05) is 13.4 Å². The highest BCUT2D eigenvalue weighted by molar-refractivity contribution is 5.75. The zero-order valence-electron chi connectivity index (χ0n) is 7.53. The first-order valence-electron chi connectivity index (χ1n) is 4.12. The van der Waals surface area contributed by atoms with Gasteiger partial charge in [0.25, 0.3) is 0 Å². The molecule has 0 atom stereocenters. The van der Waals surface area contributed by atoms with Crippen LogP contribution >= 0.6 is 0 Å². The first-order valence-corrected chi connectivity index (χ1v) is 4.12. The lowest BCUT2D eigenvalue weighted by molar-refractivity contribution is 0.0224. The van der Waals surface area contributed by atoms with Crippen molar-refractivity contribution in [3.63, 3.8) is 0 Å². The molecule has 13 heavy (non-hydrogen) atoms. The Balaban J connectivity index is 2.51. The second-order valence-corrected chi connectivity index (χ2v) is 2.45. The molecule has 0 aliphatic carbocycles. The van der Waals surface area contributed by atoms with Crippen LogP contribution in [0.4, 0.5) is 0 Å². The van der Waals surface area contributed by atoms with Crippen LogP contribution in [0.5, 0.6) is 5.75 Å². The molecule has 1 aromatic carbocycles. The predicted molar refractivity (Wildman–Crippen MR) is 49.0 cm³/mol. The maximum atomic E-state index is 10.4. The summed E-state index contributed by atoms with van der Waals surface area (Å²) in [4.78, 5) is 10.4. The molecule has 0 bridgehead atoms. The molecular formula is C10H12O3. The number of aldehydes is 1. The van der Waals surface area contributed by atoms with Crippen LogP contribution in [0.25, 0.3) is 0 Å². The molecule has 3 heteroatoms. The summed E-state index contributed by atoms with van der Waals surface area (Å²) in [7, 11) is 0. The molecule has 1 rings (SSSR count). The highest BCUT2D eigenvalue weighted by atomic mass is 16.7. The Morgan fingerprint density at radius 2 is 2.31 bits per heavy atom. The molecule has 0 spiro atoms. The summed E-state index contributed by atoms with van der Waals surface area (Å²) in [6.07, 6.45) is 0.785. The van der Waals surface area contributed by atoms with Gasteiger partial charge in [-0.1, -0.05) is 12.1 Å². The first kappa shape index (κ1) is 9.74. The maximum Gasteiger partial charge on any atom is 0.189 e. The predicted octanol–water partition coefficient (Wildman–Crippen LogP) is 1.87. The number of rotatable bonds is 5. The Kier molecular flexibility index (Phi) is 3.99. The standard InChI is InChI=1S/C10H12O3/c1-2-12-8-13-10-5-3-4-9(6-10)7-11/h3-7H,2,8H2,1H3. The molecule has 0 radical (unpaired) electrons. The summed E-state index contributed by atoms with van der Waals surface area (Å²) in [5.74, 6) is 0.651. The van der Waals surface area contributed by atoms with E-state index in [1.54, 1.807) is 24.3 Å². The van der Waals surface area contributed by atoms with Gasteiger partial charge in [0.1, 0.15) is 12.0 Å². The van der Waals surface area contributed by atoms with Crippen LogP contribution in [0.15, 0.2) is 24.3 Å². The number of ether oxygens (including phenoxy) is 2.